The largest absolute Gasteiger partial charge is 0.371 e. The second-order valence-corrected chi connectivity index (χ2v) is 9.19. The maximum atomic E-state index is 13.4. The van der Waals surface area contributed by atoms with Gasteiger partial charge in [-0.1, -0.05) is 29.8 Å². The van der Waals surface area contributed by atoms with Crippen LogP contribution in [0.3, 0.4) is 0 Å². The van der Waals surface area contributed by atoms with Crippen molar-refractivity contribution in [2.45, 2.75) is 19.4 Å². The van der Waals surface area contributed by atoms with Gasteiger partial charge in [0.25, 0.3) is 5.91 Å². The molecule has 4 heterocycles. The molecule has 1 aromatic carbocycles. The molecular weight excluding hydrogens is 450 g/mol. The molecule has 0 radical (unpaired) electrons. The Morgan fingerprint density at radius 2 is 1.76 bits per heavy atom. The average Bonchev–Trinajstić information content (AvgIpc) is 3.01. The van der Waals surface area contributed by atoms with Crippen LogP contribution in [0.2, 0.25) is 5.15 Å². The third-order valence-corrected chi connectivity index (χ3v) is 6.84. The maximum Gasteiger partial charge on any atom is 0.256 e. The zero-order valence-corrected chi connectivity index (χ0v) is 19.6. The van der Waals surface area contributed by atoms with Crippen LogP contribution in [-0.4, -0.2) is 52.9 Å². The van der Waals surface area contributed by atoms with E-state index < -0.39 is 0 Å². The molecule has 0 bridgehead atoms. The lowest BCUT2D eigenvalue weighted by molar-refractivity contribution is -0.119. The predicted octanol–water partition coefficient (Wildman–Crippen LogP) is 4.04. The summed E-state index contributed by atoms with van der Waals surface area (Å²) in [5, 5.41) is 0.329. The van der Waals surface area contributed by atoms with Crippen LogP contribution in [0.15, 0.2) is 67.1 Å². The van der Waals surface area contributed by atoms with E-state index in [1.807, 2.05) is 53.7 Å². The summed E-state index contributed by atoms with van der Waals surface area (Å²) in [6, 6.07) is 15.2. The number of anilines is 2. The molecule has 0 saturated carbocycles. The first-order valence-corrected chi connectivity index (χ1v) is 11.9. The molecule has 2 aromatic heterocycles. The lowest BCUT2D eigenvalue weighted by atomic mass is 9.95. The average molecular weight is 476 g/mol. The summed E-state index contributed by atoms with van der Waals surface area (Å²) in [6.07, 6.45) is 7.11. The molecular formula is C26H26ClN5O2. The first-order valence-electron chi connectivity index (χ1n) is 11.5. The molecule has 2 aliphatic heterocycles. The molecule has 34 heavy (non-hydrogen) atoms. The van der Waals surface area contributed by atoms with E-state index in [1.165, 1.54) is 11.9 Å². The van der Waals surface area contributed by atoms with E-state index in [-0.39, 0.29) is 18.4 Å². The molecule has 3 aromatic rings. The van der Waals surface area contributed by atoms with Crippen molar-refractivity contribution in [3.63, 3.8) is 0 Å². The second kappa shape index (κ2) is 9.81. The molecule has 8 heteroatoms. The number of carbonyl (C=O) groups excluding carboxylic acids is 2. The van der Waals surface area contributed by atoms with Gasteiger partial charge in [0, 0.05) is 56.1 Å². The number of hydrogen-bond acceptors (Lipinski definition) is 5. The number of carbonyl (C=O) groups is 2. The van der Waals surface area contributed by atoms with Crippen molar-refractivity contribution in [3.05, 3.63) is 83.4 Å². The van der Waals surface area contributed by atoms with Crippen molar-refractivity contribution in [2.24, 2.45) is 5.92 Å². The molecule has 1 saturated heterocycles. The topological polar surface area (TPSA) is 69.6 Å². The summed E-state index contributed by atoms with van der Waals surface area (Å²) in [5.74, 6) is 0.120. The van der Waals surface area contributed by atoms with Crippen LogP contribution in [0.1, 0.15) is 28.8 Å². The summed E-state index contributed by atoms with van der Waals surface area (Å²) in [6.45, 7) is 2.97. The maximum absolute atomic E-state index is 13.4. The van der Waals surface area contributed by atoms with Crippen LogP contribution in [0, 0.1) is 5.92 Å². The van der Waals surface area contributed by atoms with E-state index in [2.05, 4.69) is 14.9 Å². The molecule has 0 aliphatic carbocycles. The highest BCUT2D eigenvalue weighted by Gasteiger charge is 2.31. The molecule has 174 valence electrons. The first kappa shape index (κ1) is 22.3. The number of pyridine rings is 2. The molecule has 2 amide bonds. The Labute approximate surface area is 204 Å². The van der Waals surface area contributed by atoms with Gasteiger partial charge in [-0.15, -0.1) is 0 Å². The Hall–Kier alpha value is -3.45. The van der Waals surface area contributed by atoms with Crippen molar-refractivity contribution < 1.29 is 9.59 Å². The number of aromatic nitrogens is 2. The van der Waals surface area contributed by atoms with Gasteiger partial charge in [0.1, 0.15) is 11.7 Å². The van der Waals surface area contributed by atoms with Gasteiger partial charge >= 0.3 is 0 Å². The normalized spacial score (nSPS) is 16.9. The number of rotatable bonds is 4. The van der Waals surface area contributed by atoms with Crippen LogP contribution in [-0.2, 0) is 11.3 Å². The van der Waals surface area contributed by atoms with E-state index in [0.29, 0.717) is 29.7 Å². The summed E-state index contributed by atoms with van der Waals surface area (Å²) < 4.78 is 0. The number of nitrogens with zero attached hydrogens (tertiary/aromatic N) is 5. The Morgan fingerprint density at radius 3 is 2.50 bits per heavy atom. The van der Waals surface area contributed by atoms with E-state index in [1.54, 1.807) is 17.0 Å². The van der Waals surface area contributed by atoms with Crippen LogP contribution in [0.25, 0.3) is 0 Å². The monoisotopic (exact) mass is 475 g/mol. The van der Waals surface area contributed by atoms with E-state index in [9.17, 15) is 9.59 Å². The van der Waals surface area contributed by atoms with Crippen LogP contribution in [0.4, 0.5) is 11.4 Å². The van der Waals surface area contributed by atoms with E-state index in [4.69, 9.17) is 11.6 Å². The lowest BCUT2D eigenvalue weighted by Crippen LogP contribution is -2.44. The fourth-order valence-electron chi connectivity index (χ4n) is 4.77. The molecule has 0 N–H and O–H groups in total. The number of halogens is 1. The van der Waals surface area contributed by atoms with Crippen LogP contribution in [0.5, 0.6) is 0 Å². The highest BCUT2D eigenvalue weighted by molar-refractivity contribution is 6.29. The smallest absolute Gasteiger partial charge is 0.256 e. The van der Waals surface area contributed by atoms with Gasteiger partial charge in [-0.25, -0.2) is 4.98 Å². The summed E-state index contributed by atoms with van der Waals surface area (Å²) in [5.41, 5.74) is 3.48. The molecule has 1 fully saturated rings. The standard InChI is InChI=1S/C26H26ClN5O2/c27-24-6-5-20(15-29-24)26(34)31-17-21-3-1-2-4-23(21)32(25(33)18-31)16-19-9-13-30(14-10-19)22-7-11-28-12-8-22/h1-8,11-12,15,19H,9-10,13-14,16-18H2. The minimum Gasteiger partial charge on any atom is -0.371 e. The van der Waals surface area contributed by atoms with Gasteiger partial charge in [0.2, 0.25) is 5.91 Å². The Balaban J connectivity index is 1.31. The highest BCUT2D eigenvalue weighted by Crippen LogP contribution is 2.30. The highest BCUT2D eigenvalue weighted by atomic mass is 35.5. The summed E-state index contributed by atoms with van der Waals surface area (Å²) in [4.78, 5) is 40.5. The summed E-state index contributed by atoms with van der Waals surface area (Å²) in [7, 11) is 0. The van der Waals surface area contributed by atoms with Crippen molar-refractivity contribution >= 4 is 34.8 Å². The minimum atomic E-state index is -0.222. The number of hydrogen-bond donors (Lipinski definition) is 0. The number of fused-ring (bicyclic) bond motifs is 1. The minimum absolute atomic E-state index is 0.0337. The molecule has 2 aliphatic rings. The van der Waals surface area contributed by atoms with Gasteiger partial charge in [-0.3, -0.25) is 14.6 Å². The zero-order chi connectivity index (χ0) is 23.5. The van der Waals surface area contributed by atoms with Gasteiger partial charge in [0.15, 0.2) is 0 Å². The Bertz CT molecular complexity index is 1160. The Morgan fingerprint density at radius 1 is 1.00 bits per heavy atom. The van der Waals surface area contributed by atoms with E-state index in [0.717, 1.165) is 37.2 Å². The fourth-order valence-corrected chi connectivity index (χ4v) is 4.88. The van der Waals surface area contributed by atoms with Crippen LogP contribution >= 0.6 is 11.6 Å². The zero-order valence-electron chi connectivity index (χ0n) is 18.8. The van der Waals surface area contributed by atoms with Crippen molar-refractivity contribution in [1.29, 1.82) is 0 Å². The van der Waals surface area contributed by atoms with Crippen molar-refractivity contribution in [2.75, 3.05) is 36.0 Å². The van der Waals surface area contributed by atoms with Gasteiger partial charge in [-0.05, 0) is 54.7 Å². The third kappa shape index (κ3) is 4.75. The molecule has 7 nitrogen and oxygen atoms in total. The molecule has 0 spiro atoms. The van der Waals surface area contributed by atoms with Crippen LogP contribution < -0.4 is 9.80 Å². The van der Waals surface area contributed by atoms with Gasteiger partial charge < -0.3 is 14.7 Å². The molecule has 5 rings (SSSR count). The molecule has 0 atom stereocenters. The predicted molar refractivity (Wildman–Crippen MR) is 132 cm³/mol. The third-order valence-electron chi connectivity index (χ3n) is 6.62. The first-order chi connectivity index (χ1) is 16.6. The van der Waals surface area contributed by atoms with Crippen molar-refractivity contribution in [3.8, 4) is 0 Å². The van der Waals surface area contributed by atoms with E-state index >= 15 is 0 Å². The van der Waals surface area contributed by atoms with Gasteiger partial charge in [-0.2, -0.15) is 0 Å². The second-order valence-electron chi connectivity index (χ2n) is 8.80. The summed E-state index contributed by atoms with van der Waals surface area (Å²) >= 11 is 5.87. The molecule has 0 unspecified atom stereocenters. The fraction of sp³-hybridized carbons (Fsp3) is 0.308. The number of piperidine rings is 1. The number of para-hydroxylation sites is 1. The van der Waals surface area contributed by atoms with Crippen molar-refractivity contribution in [1.82, 2.24) is 14.9 Å². The van der Waals surface area contributed by atoms with Gasteiger partial charge in [0.05, 0.1) is 5.56 Å². The number of amides is 2. The SMILES string of the molecule is O=C(c1ccc(Cl)nc1)N1CC(=O)N(CC2CCN(c3ccncc3)CC2)c2ccccc2C1. The quantitative estimate of drug-likeness (QED) is 0.533. The number of benzene rings is 1. The Kier molecular flexibility index (Phi) is 6.45. The lowest BCUT2D eigenvalue weighted by Gasteiger charge is -2.36.